The van der Waals surface area contributed by atoms with Crippen molar-refractivity contribution in [3.05, 3.63) is 42.8 Å². The Balaban J connectivity index is 0.00000162. The molecule has 0 saturated carbocycles. The predicted molar refractivity (Wildman–Crippen MR) is 58.9 cm³/mol. The molecule has 0 bridgehead atoms. The van der Waals surface area contributed by atoms with Gasteiger partial charge >= 0.3 is 0 Å². The summed E-state index contributed by atoms with van der Waals surface area (Å²) in [6, 6.07) is 5.74. The molecular weight excluding hydrogens is 298 g/mol. The van der Waals surface area contributed by atoms with E-state index >= 15 is 0 Å². The Labute approximate surface area is 116 Å². The molecule has 6 heteroatoms. The summed E-state index contributed by atoms with van der Waals surface area (Å²) in [4.78, 5) is 15.6. The zero-order valence-corrected chi connectivity index (χ0v) is 11.4. The molecule has 0 spiro atoms. The fourth-order valence-corrected chi connectivity index (χ4v) is 1.57. The molecule has 96 valence electrons. The number of halogens is 1. The lowest BCUT2D eigenvalue weighted by molar-refractivity contribution is -0.684. The largest absolute Gasteiger partial charge is 1.00 e. The van der Waals surface area contributed by atoms with Gasteiger partial charge in [0.2, 0.25) is 12.4 Å². The van der Waals surface area contributed by atoms with Crippen molar-refractivity contribution < 1.29 is 30.9 Å². The van der Waals surface area contributed by atoms with E-state index in [-0.39, 0.29) is 22.8 Å². The summed E-state index contributed by atoms with van der Waals surface area (Å²) in [5.41, 5.74) is 0. The minimum atomic E-state index is 0. The summed E-state index contributed by atoms with van der Waals surface area (Å²) in [6.07, 6.45) is 7.08. The summed E-state index contributed by atoms with van der Waals surface area (Å²) in [5, 5.41) is 3.51. The fraction of sp³-hybridized carbons (Fsp3) is 0.333. The van der Waals surface area contributed by atoms with Gasteiger partial charge in [0, 0.05) is 25.0 Å². The Bertz CT molecular complexity index is 459. The zero-order chi connectivity index (χ0) is 11.9. The highest BCUT2D eigenvalue weighted by Crippen LogP contribution is 2.00. The molecule has 2 rings (SSSR count). The van der Waals surface area contributed by atoms with Crippen LogP contribution in [-0.2, 0) is 17.8 Å². The molecule has 2 aromatic heterocycles. The first-order valence-electron chi connectivity index (χ1n) is 5.56. The van der Waals surface area contributed by atoms with Gasteiger partial charge in [-0.25, -0.2) is 0 Å². The molecule has 0 atom stereocenters. The maximum atomic E-state index is 11.7. The highest BCUT2D eigenvalue weighted by molar-refractivity contribution is 5.76. The normalized spacial score (nSPS) is 9.78. The number of aryl methyl sites for hydroxylation is 1. The molecule has 0 amide bonds. The predicted octanol–water partition coefficient (Wildman–Crippen LogP) is -2.05. The van der Waals surface area contributed by atoms with E-state index in [0.29, 0.717) is 25.3 Å². The van der Waals surface area contributed by atoms with Gasteiger partial charge in [-0.3, -0.25) is 4.79 Å². The zero-order valence-electron chi connectivity index (χ0n) is 9.83. The third-order valence-corrected chi connectivity index (χ3v) is 2.39. The third kappa shape index (κ3) is 4.75. The van der Waals surface area contributed by atoms with Crippen LogP contribution in [0.3, 0.4) is 0 Å². The van der Waals surface area contributed by atoms with Gasteiger partial charge in [-0.1, -0.05) is 11.2 Å². The number of aromatic nitrogens is 3. The van der Waals surface area contributed by atoms with Crippen LogP contribution in [0.4, 0.5) is 0 Å². The molecule has 0 N–H and O–H groups in total. The van der Waals surface area contributed by atoms with E-state index in [2.05, 4.69) is 10.1 Å². The van der Waals surface area contributed by atoms with Gasteiger partial charge in [0.1, 0.15) is 0 Å². The highest BCUT2D eigenvalue weighted by atomic mass is 79.9. The second-order valence-electron chi connectivity index (χ2n) is 3.78. The smallest absolute Gasteiger partial charge is 0.226 e. The molecule has 0 fully saturated rings. The first-order chi connectivity index (χ1) is 8.34. The third-order valence-electron chi connectivity index (χ3n) is 2.39. The Kier molecular flexibility index (Phi) is 6.21. The van der Waals surface area contributed by atoms with E-state index < -0.39 is 0 Å². The molecule has 0 aromatic carbocycles. The van der Waals surface area contributed by atoms with E-state index in [1.165, 1.54) is 6.33 Å². The van der Waals surface area contributed by atoms with Crippen molar-refractivity contribution in [1.82, 2.24) is 10.1 Å². The lowest BCUT2D eigenvalue weighted by Gasteiger charge is -1.96. The minimum Gasteiger partial charge on any atom is -1.00 e. The average Bonchev–Trinajstić information content (AvgIpc) is 2.83. The fourth-order valence-electron chi connectivity index (χ4n) is 1.57. The van der Waals surface area contributed by atoms with E-state index in [1.807, 2.05) is 35.2 Å². The van der Waals surface area contributed by atoms with Crippen molar-refractivity contribution in [2.24, 2.45) is 0 Å². The molecule has 0 aliphatic carbocycles. The van der Waals surface area contributed by atoms with E-state index in [1.54, 1.807) is 0 Å². The second kappa shape index (κ2) is 7.71. The van der Waals surface area contributed by atoms with Gasteiger partial charge in [-0.2, -0.15) is 9.55 Å². The molecule has 0 aliphatic heterocycles. The Morgan fingerprint density at radius 2 is 2.06 bits per heavy atom. The van der Waals surface area contributed by atoms with Crippen LogP contribution in [0, 0.1) is 0 Å². The number of carbonyl (C=O) groups excluding carboxylic acids is 1. The average molecular weight is 312 g/mol. The van der Waals surface area contributed by atoms with Crippen LogP contribution in [0.1, 0.15) is 18.7 Å². The van der Waals surface area contributed by atoms with Crippen molar-refractivity contribution in [2.75, 3.05) is 0 Å². The molecule has 0 radical (unpaired) electrons. The number of rotatable bonds is 6. The van der Waals surface area contributed by atoms with Crippen molar-refractivity contribution in [3.8, 4) is 0 Å². The van der Waals surface area contributed by atoms with Crippen LogP contribution in [-0.4, -0.2) is 15.9 Å². The summed E-state index contributed by atoms with van der Waals surface area (Å²) in [6.45, 7) is 0.421. The number of ketones is 1. The second-order valence-corrected chi connectivity index (χ2v) is 3.78. The van der Waals surface area contributed by atoms with Gasteiger partial charge in [0.15, 0.2) is 24.5 Å². The molecule has 0 saturated heterocycles. The van der Waals surface area contributed by atoms with Crippen molar-refractivity contribution in [2.45, 2.75) is 25.8 Å². The molecule has 0 unspecified atom stereocenters. The van der Waals surface area contributed by atoms with E-state index in [9.17, 15) is 4.79 Å². The topological polar surface area (TPSA) is 59.9 Å². The van der Waals surface area contributed by atoms with Crippen LogP contribution < -0.4 is 21.5 Å². The molecular formula is C12H14BrN3O2. The minimum absolute atomic E-state index is 0. The van der Waals surface area contributed by atoms with Crippen LogP contribution in [0.25, 0.3) is 0 Å². The Morgan fingerprint density at radius 3 is 2.72 bits per heavy atom. The number of hydrogen-bond acceptors (Lipinski definition) is 4. The van der Waals surface area contributed by atoms with E-state index in [4.69, 9.17) is 4.52 Å². The summed E-state index contributed by atoms with van der Waals surface area (Å²) in [7, 11) is 0. The Morgan fingerprint density at radius 1 is 1.28 bits per heavy atom. The molecule has 5 nitrogen and oxygen atoms in total. The monoisotopic (exact) mass is 311 g/mol. The van der Waals surface area contributed by atoms with Crippen LogP contribution >= 0.6 is 0 Å². The SMILES string of the molecule is O=C(CCCc1ncno1)C[n+]1ccccc1.[Br-]. The maximum Gasteiger partial charge on any atom is 0.226 e. The van der Waals surface area contributed by atoms with Crippen molar-refractivity contribution in [1.29, 1.82) is 0 Å². The Hall–Kier alpha value is -1.56. The number of Topliss-reactive ketones (excluding diaryl/α,β-unsaturated/α-hetero) is 1. The molecule has 0 aliphatic rings. The van der Waals surface area contributed by atoms with Gasteiger partial charge in [-0.15, -0.1) is 0 Å². The number of pyridine rings is 1. The molecule has 18 heavy (non-hydrogen) atoms. The quantitative estimate of drug-likeness (QED) is 0.576. The van der Waals surface area contributed by atoms with E-state index in [0.717, 1.165) is 6.42 Å². The van der Waals surface area contributed by atoms with Crippen LogP contribution in [0.5, 0.6) is 0 Å². The van der Waals surface area contributed by atoms with Gasteiger partial charge < -0.3 is 21.5 Å². The highest BCUT2D eigenvalue weighted by Gasteiger charge is 2.09. The standard InChI is InChI=1S/C12H14N3O2.BrH/c16-11(9-15-7-2-1-3-8-15)5-4-6-12-13-10-14-17-12;/h1-3,7-8,10H,4-6,9H2;1H/q+1;/p-1. The molecule has 2 aromatic rings. The number of carbonyl (C=O) groups is 1. The summed E-state index contributed by atoms with van der Waals surface area (Å²) >= 11 is 0. The van der Waals surface area contributed by atoms with Crippen LogP contribution in [0.15, 0.2) is 41.4 Å². The lowest BCUT2D eigenvalue weighted by atomic mass is 10.2. The van der Waals surface area contributed by atoms with Crippen molar-refractivity contribution in [3.63, 3.8) is 0 Å². The summed E-state index contributed by atoms with van der Waals surface area (Å²) < 4.78 is 6.73. The number of nitrogens with zero attached hydrogens (tertiary/aromatic N) is 3. The van der Waals surface area contributed by atoms with Gasteiger partial charge in [-0.05, 0) is 6.42 Å². The number of hydrogen-bond donors (Lipinski definition) is 0. The maximum absolute atomic E-state index is 11.7. The van der Waals surface area contributed by atoms with Gasteiger partial charge in [0.05, 0.1) is 0 Å². The summed E-state index contributed by atoms with van der Waals surface area (Å²) in [5.74, 6) is 0.797. The van der Waals surface area contributed by atoms with Crippen molar-refractivity contribution >= 4 is 5.78 Å². The molecule has 2 heterocycles. The lowest BCUT2D eigenvalue weighted by Crippen LogP contribution is -3.00. The first-order valence-corrected chi connectivity index (χ1v) is 5.56. The first kappa shape index (κ1) is 14.5. The van der Waals surface area contributed by atoms with Crippen LogP contribution in [0.2, 0.25) is 0 Å². The van der Waals surface area contributed by atoms with Gasteiger partial charge in [0.25, 0.3) is 0 Å².